The molecule has 3 aliphatic rings. The van der Waals surface area contributed by atoms with Gasteiger partial charge in [-0.2, -0.15) is 5.26 Å². The second-order valence-electron chi connectivity index (χ2n) is 11.0. The third-order valence-corrected chi connectivity index (χ3v) is 7.25. The van der Waals surface area contributed by atoms with Gasteiger partial charge in [-0.05, 0) is 76.8 Å². The minimum Gasteiger partial charge on any atom is -0.444 e. The molecular formula is C26H36FN5O3. The van der Waals surface area contributed by atoms with Crippen molar-refractivity contribution in [1.29, 1.82) is 5.26 Å². The number of benzene rings is 1. The number of halogens is 1. The first kappa shape index (κ1) is 25.2. The Kier molecular flexibility index (Phi) is 7.22. The number of carbonyl (C=O) groups excluding carboxylic acids is 2. The van der Waals surface area contributed by atoms with Gasteiger partial charge in [0.2, 0.25) is 5.91 Å². The summed E-state index contributed by atoms with van der Waals surface area (Å²) in [7, 11) is 2.08. The summed E-state index contributed by atoms with van der Waals surface area (Å²) in [4.78, 5) is 32.2. The number of anilines is 1. The minimum atomic E-state index is -0.903. The molecule has 1 N–H and O–H groups in total. The highest BCUT2D eigenvalue weighted by molar-refractivity contribution is 5.87. The van der Waals surface area contributed by atoms with Gasteiger partial charge in [0.1, 0.15) is 23.5 Å². The number of hydrogen-bond donors (Lipinski definition) is 1. The molecule has 2 aliphatic heterocycles. The number of piperidine rings is 1. The van der Waals surface area contributed by atoms with Gasteiger partial charge < -0.3 is 19.9 Å². The Balaban J connectivity index is 1.45. The van der Waals surface area contributed by atoms with Crippen molar-refractivity contribution < 1.29 is 18.7 Å². The molecule has 2 bridgehead atoms. The molecule has 8 nitrogen and oxygen atoms in total. The van der Waals surface area contributed by atoms with Crippen molar-refractivity contribution in [3.8, 4) is 6.07 Å². The Bertz CT molecular complexity index is 996. The number of likely N-dealkylation sites (N-methyl/N-ethyl adjacent to an activating group) is 1. The molecule has 0 aromatic heterocycles. The molecule has 4 atom stereocenters. The Morgan fingerprint density at radius 1 is 1.23 bits per heavy atom. The van der Waals surface area contributed by atoms with E-state index in [-0.39, 0.29) is 24.3 Å². The van der Waals surface area contributed by atoms with E-state index in [2.05, 4.69) is 28.2 Å². The zero-order chi connectivity index (χ0) is 25.3. The maximum Gasteiger partial charge on any atom is 0.411 e. The molecule has 3 fully saturated rings. The van der Waals surface area contributed by atoms with Crippen molar-refractivity contribution in [2.45, 2.75) is 70.2 Å². The van der Waals surface area contributed by atoms with Crippen LogP contribution in [-0.2, 0) is 16.0 Å². The Labute approximate surface area is 207 Å². The molecule has 0 radical (unpaired) electrons. The van der Waals surface area contributed by atoms with Crippen LogP contribution < -0.4 is 10.2 Å². The normalized spacial score (nSPS) is 25.3. The fourth-order valence-electron chi connectivity index (χ4n) is 5.49. The molecule has 35 heavy (non-hydrogen) atoms. The van der Waals surface area contributed by atoms with E-state index in [1.54, 1.807) is 37.8 Å². The van der Waals surface area contributed by atoms with Crippen molar-refractivity contribution in [3.05, 3.63) is 29.6 Å². The first-order valence-electron chi connectivity index (χ1n) is 12.5. The Morgan fingerprint density at radius 3 is 2.60 bits per heavy atom. The number of ether oxygens (including phenoxy) is 1. The standard InChI is InChI=1S/C26H36FN5O3/c1-26(2,3)35-25(34)32-21-6-5-17(14-21)23(32)24(33)29-19(16-28)13-18-15-20(7-8-22(18)27)31-11-9-30(4)10-12-31/h7-8,15,17,19,21,23H,5-6,9-14H2,1-4H3,(H,29,33)/t17?,19-,21?,23?/m0/s1. The molecule has 1 aromatic rings. The summed E-state index contributed by atoms with van der Waals surface area (Å²) in [6.45, 7) is 8.96. The van der Waals surface area contributed by atoms with Crippen LogP contribution in [0.3, 0.4) is 0 Å². The second kappa shape index (κ2) is 10.0. The summed E-state index contributed by atoms with van der Waals surface area (Å²) in [6.07, 6.45) is 2.03. The summed E-state index contributed by atoms with van der Waals surface area (Å²) in [5.74, 6) is -0.720. The van der Waals surface area contributed by atoms with E-state index in [0.29, 0.717) is 5.56 Å². The van der Waals surface area contributed by atoms with Gasteiger partial charge in [0.25, 0.3) is 0 Å². The lowest BCUT2D eigenvalue weighted by molar-refractivity contribution is -0.128. The van der Waals surface area contributed by atoms with Gasteiger partial charge in [-0.15, -0.1) is 0 Å². The van der Waals surface area contributed by atoms with Crippen molar-refractivity contribution in [2.24, 2.45) is 5.92 Å². The molecular weight excluding hydrogens is 449 g/mol. The van der Waals surface area contributed by atoms with Crippen LogP contribution in [0, 0.1) is 23.1 Å². The zero-order valence-electron chi connectivity index (χ0n) is 21.1. The van der Waals surface area contributed by atoms with Crippen molar-refractivity contribution in [2.75, 3.05) is 38.1 Å². The van der Waals surface area contributed by atoms with E-state index in [9.17, 15) is 19.2 Å². The molecule has 2 heterocycles. The Hall–Kier alpha value is -2.86. The van der Waals surface area contributed by atoms with Crippen LogP contribution in [0.5, 0.6) is 0 Å². The molecule has 2 saturated heterocycles. The maximum absolute atomic E-state index is 14.7. The third-order valence-electron chi connectivity index (χ3n) is 7.25. The van der Waals surface area contributed by atoms with Crippen LogP contribution in [0.2, 0.25) is 0 Å². The van der Waals surface area contributed by atoms with Crippen LogP contribution in [0.15, 0.2) is 18.2 Å². The number of fused-ring (bicyclic) bond motifs is 2. The fraction of sp³-hybridized carbons (Fsp3) is 0.654. The van der Waals surface area contributed by atoms with Crippen LogP contribution in [0.4, 0.5) is 14.9 Å². The largest absolute Gasteiger partial charge is 0.444 e. The highest BCUT2D eigenvalue weighted by Crippen LogP contribution is 2.43. The highest BCUT2D eigenvalue weighted by Gasteiger charge is 2.52. The molecule has 1 aliphatic carbocycles. The van der Waals surface area contributed by atoms with Gasteiger partial charge in [0.15, 0.2) is 0 Å². The predicted octanol–water partition coefficient (Wildman–Crippen LogP) is 2.92. The number of piperazine rings is 1. The first-order chi connectivity index (χ1) is 16.6. The molecule has 1 saturated carbocycles. The maximum atomic E-state index is 14.7. The smallest absolute Gasteiger partial charge is 0.411 e. The zero-order valence-corrected chi connectivity index (χ0v) is 21.1. The third kappa shape index (κ3) is 5.69. The number of hydrogen-bond acceptors (Lipinski definition) is 6. The van der Waals surface area contributed by atoms with Gasteiger partial charge in [-0.3, -0.25) is 9.69 Å². The molecule has 1 aromatic carbocycles. The van der Waals surface area contributed by atoms with Gasteiger partial charge in [-0.1, -0.05) is 0 Å². The first-order valence-corrected chi connectivity index (χ1v) is 12.5. The monoisotopic (exact) mass is 485 g/mol. The van der Waals surface area contributed by atoms with Gasteiger partial charge >= 0.3 is 6.09 Å². The van der Waals surface area contributed by atoms with Crippen molar-refractivity contribution >= 4 is 17.7 Å². The molecule has 190 valence electrons. The van der Waals surface area contributed by atoms with E-state index >= 15 is 0 Å². The van der Waals surface area contributed by atoms with E-state index in [1.165, 1.54) is 6.07 Å². The lowest BCUT2D eigenvalue weighted by Crippen LogP contribution is -2.55. The summed E-state index contributed by atoms with van der Waals surface area (Å²) < 4.78 is 20.2. The fourth-order valence-corrected chi connectivity index (χ4v) is 5.49. The average molecular weight is 486 g/mol. The summed E-state index contributed by atoms with van der Waals surface area (Å²) in [5.41, 5.74) is 0.647. The summed E-state index contributed by atoms with van der Waals surface area (Å²) in [5, 5.41) is 12.6. The Morgan fingerprint density at radius 2 is 1.94 bits per heavy atom. The van der Waals surface area contributed by atoms with Gasteiger partial charge in [0, 0.05) is 44.3 Å². The molecule has 3 unspecified atom stereocenters. The van der Waals surface area contributed by atoms with E-state index in [4.69, 9.17) is 4.74 Å². The van der Waals surface area contributed by atoms with Crippen molar-refractivity contribution in [3.63, 3.8) is 0 Å². The molecule has 0 spiro atoms. The van der Waals surface area contributed by atoms with E-state index in [1.807, 2.05) is 0 Å². The predicted molar refractivity (Wildman–Crippen MR) is 130 cm³/mol. The van der Waals surface area contributed by atoms with E-state index in [0.717, 1.165) is 51.1 Å². The summed E-state index contributed by atoms with van der Waals surface area (Å²) in [6, 6.07) is 5.49. The second-order valence-corrected chi connectivity index (χ2v) is 11.0. The number of nitrogens with one attached hydrogen (secondary N) is 1. The quantitative estimate of drug-likeness (QED) is 0.690. The van der Waals surface area contributed by atoms with Crippen molar-refractivity contribution in [1.82, 2.24) is 15.1 Å². The number of nitrogens with zero attached hydrogens (tertiary/aromatic N) is 4. The lowest BCUT2D eigenvalue weighted by Gasteiger charge is -2.36. The highest BCUT2D eigenvalue weighted by atomic mass is 19.1. The number of rotatable bonds is 5. The minimum absolute atomic E-state index is 0.0242. The number of nitriles is 1. The van der Waals surface area contributed by atoms with Gasteiger partial charge in [0.05, 0.1) is 6.07 Å². The number of amides is 2. The summed E-state index contributed by atoms with van der Waals surface area (Å²) >= 11 is 0. The van der Waals surface area contributed by atoms with Crippen LogP contribution in [0.25, 0.3) is 0 Å². The van der Waals surface area contributed by atoms with Crippen LogP contribution in [0.1, 0.15) is 45.6 Å². The van der Waals surface area contributed by atoms with E-state index < -0.39 is 29.6 Å². The molecule has 2 amide bonds. The SMILES string of the molecule is CN1CCN(c2ccc(F)c(C[C@@H](C#N)NC(=O)C3C4CCC(C4)N3C(=O)OC(C)(C)C)c2)CC1. The molecule has 4 rings (SSSR count). The molecule has 9 heteroatoms. The topological polar surface area (TPSA) is 88.9 Å². The number of likely N-dealkylation sites (tertiary alicyclic amines) is 1. The van der Waals surface area contributed by atoms with Crippen LogP contribution in [-0.4, -0.2) is 78.8 Å². The van der Waals surface area contributed by atoms with Gasteiger partial charge in [-0.25, -0.2) is 9.18 Å². The lowest BCUT2D eigenvalue weighted by atomic mass is 9.97. The van der Waals surface area contributed by atoms with Crippen LogP contribution >= 0.6 is 0 Å². The number of carbonyl (C=O) groups is 2. The average Bonchev–Trinajstić information content (AvgIpc) is 3.41.